The highest BCUT2D eigenvalue weighted by Gasteiger charge is 2.26. The first kappa shape index (κ1) is 11.9. The van der Waals surface area contributed by atoms with Crippen LogP contribution in [0.4, 0.5) is 5.95 Å². The third-order valence-corrected chi connectivity index (χ3v) is 4.04. The second-order valence-electron chi connectivity index (χ2n) is 4.76. The van der Waals surface area contributed by atoms with Crippen LogP contribution in [0.1, 0.15) is 19.3 Å². The first-order valence-electron chi connectivity index (χ1n) is 6.25. The summed E-state index contributed by atoms with van der Waals surface area (Å²) in [4.78, 5) is 4.47. The van der Waals surface area contributed by atoms with Crippen molar-refractivity contribution in [2.45, 2.75) is 25.3 Å². The van der Waals surface area contributed by atoms with Gasteiger partial charge in [-0.2, -0.15) is 4.98 Å². The van der Waals surface area contributed by atoms with Gasteiger partial charge >= 0.3 is 0 Å². The lowest BCUT2D eigenvalue weighted by Crippen LogP contribution is -2.29. The number of anilines is 1. The van der Waals surface area contributed by atoms with E-state index in [0.717, 1.165) is 23.1 Å². The molecule has 0 spiro atoms. The summed E-state index contributed by atoms with van der Waals surface area (Å²) in [6.07, 6.45) is 5.50. The Bertz CT molecular complexity index is 552. The third kappa shape index (κ3) is 2.22. The van der Waals surface area contributed by atoms with Gasteiger partial charge in [0.15, 0.2) is 5.65 Å². The van der Waals surface area contributed by atoms with Crippen LogP contribution >= 0.6 is 15.9 Å². The minimum absolute atomic E-state index is 0.413. The Hall–Kier alpha value is -1.14. The first-order chi connectivity index (χ1) is 8.76. The Kier molecular flexibility index (Phi) is 3.22. The van der Waals surface area contributed by atoms with E-state index < -0.39 is 0 Å². The minimum atomic E-state index is 0.413. The first-order valence-corrected chi connectivity index (χ1v) is 7.04. The highest BCUT2D eigenvalue weighted by atomic mass is 79.9. The number of hydrogen-bond acceptors (Lipinski definition) is 4. The van der Waals surface area contributed by atoms with E-state index >= 15 is 0 Å². The number of fused-ring (bicyclic) bond motifs is 1. The molecule has 96 valence electrons. The third-order valence-electron chi connectivity index (χ3n) is 3.57. The van der Waals surface area contributed by atoms with Crippen LogP contribution in [-0.2, 0) is 0 Å². The van der Waals surface area contributed by atoms with Crippen molar-refractivity contribution in [3.63, 3.8) is 0 Å². The van der Waals surface area contributed by atoms with Gasteiger partial charge in [0.1, 0.15) is 0 Å². The Morgan fingerprint density at radius 3 is 3.17 bits per heavy atom. The summed E-state index contributed by atoms with van der Waals surface area (Å²) in [5, 5.41) is 7.84. The molecule has 1 saturated carbocycles. The standard InChI is InChI=1S/C12H16BrN5/c13-9-4-5-11-16-12(17-18(11)7-9)15-10-3-1-2-8(10)6-14/h4-5,7-8,10H,1-3,6,14H2,(H,15,17). The Morgan fingerprint density at radius 2 is 2.33 bits per heavy atom. The van der Waals surface area contributed by atoms with Crippen LogP contribution in [0.3, 0.4) is 0 Å². The number of nitrogens with one attached hydrogen (secondary N) is 1. The van der Waals surface area contributed by atoms with Gasteiger partial charge in [-0.3, -0.25) is 0 Å². The molecule has 2 atom stereocenters. The largest absolute Gasteiger partial charge is 0.350 e. The lowest BCUT2D eigenvalue weighted by Gasteiger charge is -2.17. The van der Waals surface area contributed by atoms with Crippen molar-refractivity contribution in [1.29, 1.82) is 0 Å². The molecule has 18 heavy (non-hydrogen) atoms. The molecule has 1 fully saturated rings. The van der Waals surface area contributed by atoms with E-state index in [9.17, 15) is 0 Å². The molecule has 2 aromatic rings. The number of pyridine rings is 1. The fourth-order valence-electron chi connectivity index (χ4n) is 2.59. The van der Waals surface area contributed by atoms with E-state index in [0.29, 0.717) is 17.9 Å². The number of aromatic nitrogens is 3. The van der Waals surface area contributed by atoms with Crippen molar-refractivity contribution in [3.8, 4) is 0 Å². The van der Waals surface area contributed by atoms with Crippen LogP contribution < -0.4 is 11.1 Å². The molecule has 3 N–H and O–H groups in total. The predicted molar refractivity (Wildman–Crippen MR) is 74.5 cm³/mol. The van der Waals surface area contributed by atoms with Crippen LogP contribution in [0, 0.1) is 5.92 Å². The summed E-state index contributed by atoms with van der Waals surface area (Å²) in [5.41, 5.74) is 6.63. The van der Waals surface area contributed by atoms with E-state index in [1.54, 1.807) is 4.52 Å². The van der Waals surface area contributed by atoms with Crippen LogP contribution in [0.15, 0.2) is 22.8 Å². The second kappa shape index (κ2) is 4.85. The summed E-state index contributed by atoms with van der Waals surface area (Å²) in [5.74, 6) is 1.24. The van der Waals surface area contributed by atoms with Crippen LogP contribution in [0.2, 0.25) is 0 Å². The predicted octanol–water partition coefficient (Wildman–Crippen LogP) is 2.03. The summed E-state index contributed by atoms with van der Waals surface area (Å²) < 4.78 is 2.77. The number of nitrogens with two attached hydrogens (primary N) is 1. The van der Waals surface area contributed by atoms with Crippen molar-refractivity contribution in [1.82, 2.24) is 14.6 Å². The van der Waals surface area contributed by atoms with E-state index in [4.69, 9.17) is 5.73 Å². The fourth-order valence-corrected chi connectivity index (χ4v) is 2.92. The van der Waals surface area contributed by atoms with Gasteiger partial charge in [-0.25, -0.2) is 4.52 Å². The van der Waals surface area contributed by atoms with Crippen molar-refractivity contribution in [3.05, 3.63) is 22.8 Å². The molecule has 1 aliphatic carbocycles. The molecule has 2 unspecified atom stereocenters. The lowest BCUT2D eigenvalue weighted by atomic mass is 10.0. The number of hydrogen-bond donors (Lipinski definition) is 2. The summed E-state index contributed by atoms with van der Waals surface area (Å²) in [7, 11) is 0. The van der Waals surface area contributed by atoms with Crippen molar-refractivity contribution in [2.24, 2.45) is 11.7 Å². The maximum Gasteiger partial charge on any atom is 0.243 e. The molecule has 2 heterocycles. The molecule has 0 aromatic carbocycles. The average molecular weight is 310 g/mol. The molecule has 2 aromatic heterocycles. The molecule has 0 radical (unpaired) electrons. The van der Waals surface area contributed by atoms with Gasteiger partial charge in [0.2, 0.25) is 5.95 Å². The highest BCUT2D eigenvalue weighted by Crippen LogP contribution is 2.27. The van der Waals surface area contributed by atoms with Crippen LogP contribution in [0.5, 0.6) is 0 Å². The van der Waals surface area contributed by atoms with Gasteiger partial charge in [-0.05, 0) is 53.4 Å². The molecular weight excluding hydrogens is 294 g/mol. The molecule has 3 rings (SSSR count). The topological polar surface area (TPSA) is 68.2 Å². The summed E-state index contributed by atoms with van der Waals surface area (Å²) in [6.45, 7) is 0.733. The summed E-state index contributed by atoms with van der Waals surface area (Å²) in [6, 6.07) is 4.32. The minimum Gasteiger partial charge on any atom is -0.350 e. The highest BCUT2D eigenvalue weighted by molar-refractivity contribution is 9.10. The SMILES string of the molecule is NCC1CCCC1Nc1nc2ccc(Br)cn2n1. The number of halogens is 1. The molecule has 6 heteroatoms. The quantitative estimate of drug-likeness (QED) is 0.910. The van der Waals surface area contributed by atoms with E-state index in [1.807, 2.05) is 18.3 Å². The normalized spacial score (nSPS) is 23.7. The van der Waals surface area contributed by atoms with Gasteiger partial charge in [0.05, 0.1) is 0 Å². The smallest absolute Gasteiger partial charge is 0.243 e. The maximum atomic E-state index is 5.78. The zero-order valence-electron chi connectivity index (χ0n) is 10.0. The monoisotopic (exact) mass is 309 g/mol. The zero-order chi connectivity index (χ0) is 12.5. The Labute approximate surface area is 114 Å². The van der Waals surface area contributed by atoms with Crippen molar-refractivity contribution in [2.75, 3.05) is 11.9 Å². The van der Waals surface area contributed by atoms with Crippen LogP contribution in [0.25, 0.3) is 5.65 Å². The van der Waals surface area contributed by atoms with Crippen molar-refractivity contribution >= 4 is 27.5 Å². The van der Waals surface area contributed by atoms with Gasteiger partial charge in [-0.15, -0.1) is 5.10 Å². The summed E-state index contributed by atoms with van der Waals surface area (Å²) >= 11 is 3.43. The zero-order valence-corrected chi connectivity index (χ0v) is 11.6. The molecule has 0 amide bonds. The van der Waals surface area contributed by atoms with Gasteiger partial charge in [0.25, 0.3) is 0 Å². The molecule has 0 aliphatic heterocycles. The average Bonchev–Trinajstić information content (AvgIpc) is 2.94. The molecular formula is C12H16BrN5. The van der Waals surface area contributed by atoms with Gasteiger partial charge in [-0.1, -0.05) is 6.42 Å². The Morgan fingerprint density at radius 1 is 1.44 bits per heavy atom. The van der Waals surface area contributed by atoms with Crippen LogP contribution in [-0.4, -0.2) is 27.2 Å². The molecule has 1 aliphatic rings. The fraction of sp³-hybridized carbons (Fsp3) is 0.500. The molecule has 5 nitrogen and oxygen atoms in total. The van der Waals surface area contributed by atoms with E-state index in [1.165, 1.54) is 12.8 Å². The van der Waals surface area contributed by atoms with E-state index in [-0.39, 0.29) is 0 Å². The molecule has 0 saturated heterocycles. The maximum absolute atomic E-state index is 5.78. The van der Waals surface area contributed by atoms with Gasteiger partial charge < -0.3 is 11.1 Å². The molecule has 0 bridgehead atoms. The Balaban J connectivity index is 1.82. The van der Waals surface area contributed by atoms with E-state index in [2.05, 4.69) is 31.3 Å². The lowest BCUT2D eigenvalue weighted by molar-refractivity contribution is 0.514. The number of nitrogens with zero attached hydrogens (tertiary/aromatic N) is 3. The van der Waals surface area contributed by atoms with Crippen molar-refractivity contribution < 1.29 is 0 Å². The second-order valence-corrected chi connectivity index (χ2v) is 5.68. The number of rotatable bonds is 3. The van der Waals surface area contributed by atoms with Gasteiger partial charge in [0, 0.05) is 16.7 Å².